The second-order valence-corrected chi connectivity index (χ2v) is 5.92. The first-order chi connectivity index (χ1) is 11.1. The molecule has 1 atom stereocenters. The highest BCUT2D eigenvalue weighted by Gasteiger charge is 2.20. The van der Waals surface area contributed by atoms with E-state index in [0.29, 0.717) is 23.1 Å². The number of hydrogen-bond acceptors (Lipinski definition) is 5. The largest absolute Gasteiger partial charge is 0.411 e. The fourth-order valence-corrected chi connectivity index (χ4v) is 2.80. The highest BCUT2D eigenvalue weighted by atomic mass is 35.5. The van der Waals surface area contributed by atoms with E-state index < -0.39 is 0 Å². The van der Waals surface area contributed by atoms with Crippen molar-refractivity contribution in [2.45, 2.75) is 25.9 Å². The van der Waals surface area contributed by atoms with Crippen LogP contribution in [0.1, 0.15) is 29.8 Å². The first kappa shape index (κ1) is 15.8. The van der Waals surface area contributed by atoms with Crippen molar-refractivity contribution in [3.8, 4) is 0 Å². The van der Waals surface area contributed by atoms with E-state index >= 15 is 0 Å². The number of anilines is 1. The van der Waals surface area contributed by atoms with Crippen molar-refractivity contribution in [3.05, 3.63) is 56.5 Å². The second kappa shape index (κ2) is 6.60. The molecule has 2 aromatic rings. The summed E-state index contributed by atoms with van der Waals surface area (Å²) in [5.74, 6) is 0.417. The normalized spacial score (nSPS) is 14.9. The third-order valence-corrected chi connectivity index (χ3v) is 4.21. The Labute approximate surface area is 139 Å². The van der Waals surface area contributed by atoms with Gasteiger partial charge in [-0.25, -0.2) is 4.98 Å². The van der Waals surface area contributed by atoms with Crippen molar-refractivity contribution < 1.29 is 4.84 Å². The van der Waals surface area contributed by atoms with Crippen molar-refractivity contribution in [2.75, 3.05) is 19.0 Å². The van der Waals surface area contributed by atoms with Gasteiger partial charge < -0.3 is 15.5 Å². The van der Waals surface area contributed by atoms with Crippen LogP contribution in [0.2, 0.25) is 5.02 Å². The molecule has 0 fully saturated rings. The van der Waals surface area contributed by atoms with Gasteiger partial charge in [0.2, 0.25) is 5.95 Å². The molecule has 0 saturated heterocycles. The van der Waals surface area contributed by atoms with E-state index in [1.165, 1.54) is 11.8 Å². The van der Waals surface area contributed by atoms with Crippen molar-refractivity contribution in [1.82, 2.24) is 15.0 Å². The summed E-state index contributed by atoms with van der Waals surface area (Å²) in [4.78, 5) is 22.3. The van der Waals surface area contributed by atoms with Gasteiger partial charge in [-0.15, -0.1) is 4.73 Å². The number of fused-ring (bicyclic) bond motifs is 1. The van der Waals surface area contributed by atoms with Gasteiger partial charge in [-0.2, -0.15) is 0 Å². The number of nitrogens with one attached hydrogen (secondary N) is 2. The number of halogens is 1. The minimum atomic E-state index is -0.171. The molecule has 23 heavy (non-hydrogen) atoms. The Hall–Kier alpha value is -2.05. The van der Waals surface area contributed by atoms with Gasteiger partial charge in [0.1, 0.15) is 7.11 Å². The second-order valence-electron chi connectivity index (χ2n) is 5.49. The molecule has 0 bridgehead atoms. The van der Waals surface area contributed by atoms with Crippen molar-refractivity contribution in [3.63, 3.8) is 0 Å². The maximum atomic E-state index is 12.5. The lowest BCUT2D eigenvalue weighted by Crippen LogP contribution is -2.38. The molecule has 1 aromatic heterocycles. The minimum absolute atomic E-state index is 0.0414. The van der Waals surface area contributed by atoms with Crippen molar-refractivity contribution in [1.29, 1.82) is 0 Å². The summed E-state index contributed by atoms with van der Waals surface area (Å²) in [6.45, 7) is 3.34. The van der Waals surface area contributed by atoms with Crippen LogP contribution in [0.4, 0.5) is 5.95 Å². The fourth-order valence-electron chi connectivity index (χ4n) is 2.68. The van der Waals surface area contributed by atoms with Gasteiger partial charge in [-0.1, -0.05) is 23.7 Å². The number of hydrogen-bond donors (Lipinski definition) is 2. The zero-order chi connectivity index (χ0) is 16.4. The SMILES string of the molecule is COn1c(N[C@@H](C)c2ccc(Cl)cc2)nc2c(c1=O)CNCC2. The Morgan fingerprint density at radius 3 is 2.83 bits per heavy atom. The van der Waals surface area contributed by atoms with E-state index in [2.05, 4.69) is 15.6 Å². The number of rotatable bonds is 4. The number of nitrogens with zero attached hydrogens (tertiary/aromatic N) is 2. The summed E-state index contributed by atoms with van der Waals surface area (Å²) >= 11 is 5.92. The van der Waals surface area contributed by atoms with Gasteiger partial charge in [0, 0.05) is 24.5 Å². The monoisotopic (exact) mass is 334 g/mol. The summed E-state index contributed by atoms with van der Waals surface area (Å²) in [6, 6.07) is 7.52. The lowest BCUT2D eigenvalue weighted by molar-refractivity contribution is 0.157. The molecular weight excluding hydrogens is 316 g/mol. The molecule has 7 heteroatoms. The first-order valence-corrected chi connectivity index (χ1v) is 7.90. The zero-order valence-electron chi connectivity index (χ0n) is 13.1. The van der Waals surface area contributed by atoms with Gasteiger partial charge in [0.25, 0.3) is 5.56 Å². The lowest BCUT2D eigenvalue weighted by Gasteiger charge is -2.22. The molecule has 0 spiro atoms. The molecule has 0 unspecified atom stereocenters. The Morgan fingerprint density at radius 2 is 2.13 bits per heavy atom. The summed E-state index contributed by atoms with van der Waals surface area (Å²) in [6.07, 6.45) is 0.735. The molecule has 0 saturated carbocycles. The topological polar surface area (TPSA) is 68.2 Å². The van der Waals surface area contributed by atoms with Crippen LogP contribution in [0.3, 0.4) is 0 Å². The van der Waals surface area contributed by atoms with Gasteiger partial charge >= 0.3 is 0 Å². The van der Waals surface area contributed by atoms with Crippen LogP contribution < -0.4 is 21.0 Å². The molecule has 2 N–H and O–H groups in total. The molecule has 0 aliphatic carbocycles. The van der Waals surface area contributed by atoms with Crippen LogP contribution in [-0.4, -0.2) is 23.4 Å². The molecule has 2 heterocycles. The highest BCUT2D eigenvalue weighted by Crippen LogP contribution is 2.20. The third-order valence-electron chi connectivity index (χ3n) is 3.96. The molecule has 3 rings (SSSR count). The Kier molecular flexibility index (Phi) is 4.54. The predicted molar refractivity (Wildman–Crippen MR) is 89.9 cm³/mol. The molecule has 0 radical (unpaired) electrons. The van der Waals surface area contributed by atoms with Gasteiger partial charge in [-0.05, 0) is 24.6 Å². The van der Waals surface area contributed by atoms with Gasteiger partial charge in [0.05, 0.1) is 17.3 Å². The molecule has 0 amide bonds. The molecule has 1 aliphatic heterocycles. The smallest absolute Gasteiger partial charge is 0.292 e. The summed E-state index contributed by atoms with van der Waals surface area (Å²) in [5, 5.41) is 7.12. The highest BCUT2D eigenvalue weighted by molar-refractivity contribution is 6.30. The number of benzene rings is 1. The molecule has 1 aromatic carbocycles. The molecule has 122 valence electrons. The summed E-state index contributed by atoms with van der Waals surface area (Å²) in [5.41, 5.74) is 2.37. The van der Waals surface area contributed by atoms with E-state index in [-0.39, 0.29) is 11.6 Å². The maximum Gasteiger partial charge on any atom is 0.292 e. The van der Waals surface area contributed by atoms with E-state index in [1.54, 1.807) is 0 Å². The van der Waals surface area contributed by atoms with Crippen LogP contribution in [0.15, 0.2) is 29.1 Å². The van der Waals surface area contributed by atoms with Crippen molar-refractivity contribution >= 4 is 17.5 Å². The Bertz CT molecular complexity index is 758. The summed E-state index contributed by atoms with van der Waals surface area (Å²) < 4.78 is 1.21. The van der Waals surface area contributed by atoms with E-state index in [0.717, 1.165) is 24.2 Å². The molecule has 1 aliphatic rings. The minimum Gasteiger partial charge on any atom is -0.411 e. The van der Waals surface area contributed by atoms with E-state index in [9.17, 15) is 4.79 Å². The van der Waals surface area contributed by atoms with Crippen LogP contribution in [0.5, 0.6) is 0 Å². The number of aromatic nitrogens is 2. The molecular formula is C16H19ClN4O2. The average Bonchev–Trinajstić information content (AvgIpc) is 2.56. The lowest BCUT2D eigenvalue weighted by atomic mass is 10.1. The zero-order valence-corrected chi connectivity index (χ0v) is 13.9. The third kappa shape index (κ3) is 3.18. The van der Waals surface area contributed by atoms with Gasteiger partial charge in [-0.3, -0.25) is 4.79 Å². The Morgan fingerprint density at radius 1 is 1.39 bits per heavy atom. The summed E-state index contributed by atoms with van der Waals surface area (Å²) in [7, 11) is 1.46. The van der Waals surface area contributed by atoms with Crippen molar-refractivity contribution in [2.24, 2.45) is 0 Å². The van der Waals surface area contributed by atoms with Crippen LogP contribution in [-0.2, 0) is 13.0 Å². The predicted octanol–water partition coefficient (Wildman–Crippen LogP) is 1.77. The van der Waals surface area contributed by atoms with E-state index in [1.807, 2.05) is 31.2 Å². The van der Waals surface area contributed by atoms with Gasteiger partial charge in [0.15, 0.2) is 0 Å². The fraction of sp³-hybridized carbons (Fsp3) is 0.375. The average molecular weight is 335 g/mol. The standard InChI is InChI=1S/C16H19ClN4O2/c1-10(11-3-5-12(17)6-4-11)19-16-20-14-7-8-18-9-13(14)15(22)21(16)23-2/h3-6,10,18H,7-9H2,1-2H3,(H,19,20)/t10-/m0/s1. The quantitative estimate of drug-likeness (QED) is 0.892. The maximum absolute atomic E-state index is 12.5. The van der Waals surface area contributed by atoms with E-state index in [4.69, 9.17) is 16.4 Å². The van der Waals surface area contributed by atoms with Crippen LogP contribution in [0, 0.1) is 0 Å². The van der Waals surface area contributed by atoms with Crippen LogP contribution in [0.25, 0.3) is 0 Å². The Balaban J connectivity index is 1.94. The molecule has 6 nitrogen and oxygen atoms in total. The van der Waals surface area contributed by atoms with Crippen LogP contribution >= 0.6 is 11.6 Å². The first-order valence-electron chi connectivity index (χ1n) is 7.52.